The highest BCUT2D eigenvalue weighted by Gasteiger charge is 2.29. The van der Waals surface area contributed by atoms with E-state index in [4.69, 9.17) is 10.2 Å². The Bertz CT molecular complexity index is 1210. The van der Waals surface area contributed by atoms with Gasteiger partial charge in [0.15, 0.2) is 10.3 Å². The summed E-state index contributed by atoms with van der Waals surface area (Å²) in [4.78, 5) is 36.2. The van der Waals surface area contributed by atoms with E-state index in [2.05, 4.69) is 43.2 Å². The van der Waals surface area contributed by atoms with Gasteiger partial charge in [0.25, 0.3) is 0 Å². The van der Waals surface area contributed by atoms with E-state index in [9.17, 15) is 4.79 Å². The van der Waals surface area contributed by atoms with Gasteiger partial charge >= 0.3 is 0 Å². The van der Waals surface area contributed by atoms with Gasteiger partial charge < -0.3 is 9.80 Å². The molecule has 0 radical (unpaired) electrons. The van der Waals surface area contributed by atoms with Gasteiger partial charge in [0.1, 0.15) is 16.7 Å². The Hall–Kier alpha value is -3.07. The van der Waals surface area contributed by atoms with Crippen LogP contribution in [-0.2, 0) is 11.2 Å². The fraction of sp³-hybridized carbons (Fsp3) is 0.391. The van der Waals surface area contributed by atoms with Gasteiger partial charge in [0.05, 0.1) is 6.20 Å². The van der Waals surface area contributed by atoms with Crippen LogP contribution >= 0.6 is 23.1 Å². The molecule has 0 bridgehead atoms. The quantitative estimate of drug-likeness (QED) is 0.502. The molecule has 2 fully saturated rings. The zero-order valence-electron chi connectivity index (χ0n) is 18.8. The molecule has 1 N–H and O–H groups in total. The molecule has 3 aromatic rings. The van der Waals surface area contributed by atoms with Crippen molar-refractivity contribution in [2.45, 2.75) is 29.3 Å². The van der Waals surface area contributed by atoms with Crippen molar-refractivity contribution in [1.29, 1.82) is 5.26 Å². The van der Waals surface area contributed by atoms with Gasteiger partial charge in [0, 0.05) is 43.4 Å². The van der Waals surface area contributed by atoms with Crippen molar-refractivity contribution < 1.29 is 4.79 Å². The summed E-state index contributed by atoms with van der Waals surface area (Å²) in [6, 6.07) is 10.1. The van der Waals surface area contributed by atoms with Crippen LogP contribution in [0.5, 0.6) is 0 Å². The number of hydrogen-bond acceptors (Lipinski definition) is 11. The summed E-state index contributed by atoms with van der Waals surface area (Å²) >= 11 is 2.71. The number of thiazole rings is 1. The lowest BCUT2D eigenvalue weighted by molar-refractivity contribution is -0.119. The summed E-state index contributed by atoms with van der Waals surface area (Å²) in [6.07, 6.45) is 4.11. The van der Waals surface area contributed by atoms with E-state index in [0.29, 0.717) is 39.3 Å². The monoisotopic (exact) mass is 492 g/mol. The fourth-order valence-corrected chi connectivity index (χ4v) is 4.96. The number of nitrogens with zero attached hydrogens (tertiary/aromatic N) is 7. The Balaban J connectivity index is 1.35. The van der Waals surface area contributed by atoms with Crippen LogP contribution in [0.1, 0.15) is 23.3 Å². The zero-order valence-corrected chi connectivity index (χ0v) is 20.4. The molecule has 1 aromatic carbocycles. The molecule has 1 saturated carbocycles. The largest absolute Gasteiger partial charge is 0.338 e. The average Bonchev–Trinajstić information content (AvgIpc) is 3.60. The highest BCUT2D eigenvalue weighted by Crippen LogP contribution is 2.32. The first-order chi connectivity index (χ1) is 16.6. The van der Waals surface area contributed by atoms with E-state index >= 15 is 0 Å². The Morgan fingerprint density at radius 1 is 1.18 bits per heavy atom. The second-order valence-electron chi connectivity index (χ2n) is 8.46. The zero-order chi connectivity index (χ0) is 23.5. The van der Waals surface area contributed by atoms with Gasteiger partial charge in [-0.1, -0.05) is 23.5 Å². The van der Waals surface area contributed by atoms with Crippen molar-refractivity contribution in [1.82, 2.24) is 24.8 Å². The lowest BCUT2D eigenvalue weighted by Gasteiger charge is -2.32. The van der Waals surface area contributed by atoms with Gasteiger partial charge in [-0.3, -0.25) is 10.1 Å². The number of ketones is 1. The number of hydrogen-bond donors (Lipinski definition) is 1. The molecule has 34 heavy (non-hydrogen) atoms. The Morgan fingerprint density at radius 2 is 1.94 bits per heavy atom. The summed E-state index contributed by atoms with van der Waals surface area (Å²) in [5.41, 5.74) is 1.04. The fourth-order valence-electron chi connectivity index (χ4n) is 3.61. The second-order valence-corrected chi connectivity index (χ2v) is 10.5. The lowest BCUT2D eigenvalue weighted by atomic mass is 10.1. The van der Waals surface area contributed by atoms with Crippen LogP contribution in [0.4, 0.5) is 17.0 Å². The van der Waals surface area contributed by atoms with Gasteiger partial charge in [0.2, 0.25) is 11.9 Å². The van der Waals surface area contributed by atoms with Crippen molar-refractivity contribution >= 4 is 45.9 Å². The predicted octanol–water partition coefficient (Wildman–Crippen LogP) is 3.37. The van der Waals surface area contributed by atoms with Crippen molar-refractivity contribution in [3.05, 3.63) is 40.9 Å². The molecule has 3 heterocycles. The van der Waals surface area contributed by atoms with Crippen molar-refractivity contribution in [3.8, 4) is 6.07 Å². The van der Waals surface area contributed by atoms with Crippen LogP contribution in [0, 0.1) is 17.2 Å². The van der Waals surface area contributed by atoms with E-state index in [-0.39, 0.29) is 5.92 Å². The summed E-state index contributed by atoms with van der Waals surface area (Å²) in [6.45, 7) is 3.55. The van der Waals surface area contributed by atoms with Crippen molar-refractivity contribution in [2.75, 3.05) is 43.4 Å². The molecule has 1 aliphatic heterocycles. The number of nitriles is 1. The number of nitrogens with one attached hydrogen (secondary N) is 1. The molecular weight excluding hydrogens is 468 g/mol. The van der Waals surface area contributed by atoms with Crippen LogP contribution in [0.3, 0.4) is 0 Å². The van der Waals surface area contributed by atoms with E-state index < -0.39 is 0 Å². The molecule has 0 amide bonds. The molecule has 0 unspecified atom stereocenters. The number of Topliss-reactive ketones (excluding diaryl/α,β-unsaturated/α-hetero) is 1. The third kappa shape index (κ3) is 5.70. The molecular formula is C23H24N8OS2. The van der Waals surface area contributed by atoms with Gasteiger partial charge in [-0.15, -0.1) is 0 Å². The highest BCUT2D eigenvalue weighted by atomic mass is 32.2. The molecule has 2 aromatic heterocycles. The molecule has 0 spiro atoms. The maximum absolute atomic E-state index is 12.1. The third-order valence-electron chi connectivity index (χ3n) is 5.77. The van der Waals surface area contributed by atoms with Gasteiger partial charge in [-0.25, -0.2) is 4.98 Å². The smallest absolute Gasteiger partial charge is 0.234 e. The van der Waals surface area contributed by atoms with Crippen molar-refractivity contribution in [2.24, 2.45) is 5.92 Å². The molecule has 1 aliphatic carbocycles. The minimum absolute atomic E-state index is 0.278. The number of likely N-dealkylation sites (N-methyl/N-ethyl adjacent to an activating group) is 1. The SMILES string of the molecule is CN1CCN(c2nc(Nc3ncc(C#N)s3)nc(Sc3ccc(CC(=O)C4CC4)cc3)n2)CC1. The molecule has 9 nitrogen and oxygen atoms in total. The minimum atomic E-state index is 0.278. The Labute approximate surface area is 206 Å². The molecule has 5 rings (SSSR count). The van der Waals surface area contributed by atoms with Crippen LogP contribution in [0.25, 0.3) is 0 Å². The van der Waals surface area contributed by atoms with E-state index in [1.165, 1.54) is 29.3 Å². The Morgan fingerprint density at radius 3 is 2.62 bits per heavy atom. The molecule has 11 heteroatoms. The number of piperazine rings is 1. The highest BCUT2D eigenvalue weighted by molar-refractivity contribution is 7.99. The topological polar surface area (TPSA) is 111 Å². The Kier molecular flexibility index (Phi) is 6.71. The number of aromatic nitrogens is 4. The van der Waals surface area contributed by atoms with E-state index in [1.54, 1.807) is 0 Å². The molecule has 2 aliphatic rings. The average molecular weight is 493 g/mol. The van der Waals surface area contributed by atoms with Crippen LogP contribution in [0.15, 0.2) is 40.5 Å². The number of carbonyl (C=O) groups is 1. The number of benzene rings is 1. The second kappa shape index (κ2) is 10.0. The maximum atomic E-state index is 12.1. The first-order valence-electron chi connectivity index (χ1n) is 11.2. The van der Waals surface area contributed by atoms with E-state index in [1.807, 2.05) is 24.3 Å². The van der Waals surface area contributed by atoms with Gasteiger partial charge in [-0.2, -0.15) is 20.2 Å². The normalized spacial score (nSPS) is 16.3. The summed E-state index contributed by atoms with van der Waals surface area (Å²) in [7, 11) is 2.11. The summed E-state index contributed by atoms with van der Waals surface area (Å²) in [5, 5.41) is 13.3. The first kappa shape index (κ1) is 22.7. The number of anilines is 3. The minimum Gasteiger partial charge on any atom is -0.338 e. The van der Waals surface area contributed by atoms with Crippen LogP contribution in [0.2, 0.25) is 0 Å². The first-order valence-corrected chi connectivity index (χ1v) is 12.8. The van der Waals surface area contributed by atoms with Crippen LogP contribution < -0.4 is 10.2 Å². The molecule has 174 valence electrons. The lowest BCUT2D eigenvalue weighted by Crippen LogP contribution is -2.45. The van der Waals surface area contributed by atoms with E-state index in [0.717, 1.165) is 49.5 Å². The maximum Gasteiger partial charge on any atom is 0.234 e. The number of carbonyl (C=O) groups excluding carboxylic acids is 1. The summed E-state index contributed by atoms with van der Waals surface area (Å²) < 4.78 is 0. The summed E-state index contributed by atoms with van der Waals surface area (Å²) in [5.74, 6) is 1.64. The number of rotatable bonds is 8. The molecule has 0 atom stereocenters. The standard InChI is InChI=1S/C23H24N8OS2/c1-30-8-10-31(11-9-30)21-26-20(27-22-25-14-18(13-24)34-22)28-23(29-21)33-17-6-2-15(3-7-17)12-19(32)16-4-5-16/h2-3,6-7,14,16H,4-5,8-12H2,1H3,(H,25,26,27,28,29). The van der Waals surface area contributed by atoms with Crippen molar-refractivity contribution in [3.63, 3.8) is 0 Å². The van der Waals surface area contributed by atoms with Gasteiger partial charge in [-0.05, 0) is 49.3 Å². The van der Waals surface area contributed by atoms with Crippen LogP contribution in [-0.4, -0.2) is 63.8 Å². The predicted molar refractivity (Wildman–Crippen MR) is 132 cm³/mol. The molecule has 1 saturated heterocycles. The third-order valence-corrected chi connectivity index (χ3v) is 7.46.